The van der Waals surface area contributed by atoms with Gasteiger partial charge < -0.3 is 16.0 Å². The van der Waals surface area contributed by atoms with Crippen molar-refractivity contribution in [2.75, 3.05) is 18.8 Å². The molecule has 2 aliphatic heterocycles. The Morgan fingerprint density at radius 3 is 2.88 bits per heavy atom. The Balaban J connectivity index is 0.00000144. The Morgan fingerprint density at radius 1 is 1.53 bits per heavy atom. The van der Waals surface area contributed by atoms with Crippen molar-refractivity contribution >= 4 is 35.3 Å². The SMILES string of the molecule is CC1CCNCC1NC(=O)[C@@H]1CSC(=O)N1.Cl. The lowest BCUT2D eigenvalue weighted by Gasteiger charge is -2.30. The Kier molecular flexibility index (Phi) is 5.55. The third kappa shape index (κ3) is 3.76. The van der Waals surface area contributed by atoms with Crippen LogP contribution in [-0.2, 0) is 4.79 Å². The summed E-state index contributed by atoms with van der Waals surface area (Å²) in [5, 5.41) is 8.81. The number of carbonyl (C=O) groups is 2. The van der Waals surface area contributed by atoms with E-state index in [4.69, 9.17) is 0 Å². The van der Waals surface area contributed by atoms with Crippen LogP contribution < -0.4 is 16.0 Å². The van der Waals surface area contributed by atoms with Crippen LogP contribution >= 0.6 is 24.2 Å². The molecule has 2 amide bonds. The van der Waals surface area contributed by atoms with Crippen LogP contribution in [0.4, 0.5) is 4.79 Å². The highest BCUT2D eigenvalue weighted by Crippen LogP contribution is 2.15. The molecule has 0 aromatic carbocycles. The Hall–Kier alpha value is -0.460. The van der Waals surface area contributed by atoms with Crippen molar-refractivity contribution in [2.45, 2.75) is 25.4 Å². The van der Waals surface area contributed by atoms with Gasteiger partial charge in [-0.25, -0.2) is 0 Å². The molecule has 0 aromatic rings. The van der Waals surface area contributed by atoms with Crippen LogP contribution in [0.25, 0.3) is 0 Å². The minimum atomic E-state index is -0.355. The number of piperidine rings is 1. The van der Waals surface area contributed by atoms with E-state index >= 15 is 0 Å². The predicted molar refractivity (Wildman–Crippen MR) is 70.6 cm³/mol. The summed E-state index contributed by atoms with van der Waals surface area (Å²) in [5.74, 6) is 0.980. The van der Waals surface area contributed by atoms with Crippen molar-refractivity contribution < 1.29 is 9.59 Å². The quantitative estimate of drug-likeness (QED) is 0.682. The average molecular weight is 280 g/mol. The molecule has 2 heterocycles. The molecule has 2 unspecified atom stereocenters. The predicted octanol–water partition coefficient (Wildman–Crippen LogP) is 0.347. The van der Waals surface area contributed by atoms with Crippen LogP contribution in [0, 0.1) is 5.92 Å². The van der Waals surface area contributed by atoms with Crippen LogP contribution in [0.2, 0.25) is 0 Å². The van der Waals surface area contributed by atoms with Crippen molar-refractivity contribution in [3.05, 3.63) is 0 Å². The van der Waals surface area contributed by atoms with E-state index in [1.807, 2.05) is 0 Å². The third-order valence-corrected chi connectivity index (χ3v) is 4.02. The van der Waals surface area contributed by atoms with E-state index in [1.54, 1.807) is 0 Å². The molecule has 0 radical (unpaired) electrons. The number of hydrogen-bond donors (Lipinski definition) is 3. The largest absolute Gasteiger partial charge is 0.350 e. The van der Waals surface area contributed by atoms with Crippen molar-refractivity contribution in [1.82, 2.24) is 16.0 Å². The first kappa shape index (κ1) is 14.6. The number of thioether (sulfide) groups is 1. The van der Waals surface area contributed by atoms with E-state index in [1.165, 1.54) is 11.8 Å². The minimum Gasteiger partial charge on any atom is -0.350 e. The highest BCUT2D eigenvalue weighted by atomic mass is 35.5. The lowest BCUT2D eigenvalue weighted by Crippen LogP contribution is -2.54. The Bertz CT molecular complexity index is 303. The van der Waals surface area contributed by atoms with Gasteiger partial charge in [0.2, 0.25) is 5.91 Å². The van der Waals surface area contributed by atoms with E-state index in [-0.39, 0.29) is 35.6 Å². The number of amides is 2. The van der Waals surface area contributed by atoms with Gasteiger partial charge in [0.05, 0.1) is 0 Å². The number of halogens is 1. The van der Waals surface area contributed by atoms with E-state index in [2.05, 4.69) is 22.9 Å². The summed E-state index contributed by atoms with van der Waals surface area (Å²) in [6.07, 6.45) is 1.08. The maximum absolute atomic E-state index is 11.8. The molecule has 2 aliphatic rings. The van der Waals surface area contributed by atoms with Crippen LogP contribution in [0.15, 0.2) is 0 Å². The molecule has 0 aliphatic carbocycles. The van der Waals surface area contributed by atoms with Gasteiger partial charge in [0, 0.05) is 18.3 Å². The molecule has 2 saturated heterocycles. The number of rotatable bonds is 2. The first-order valence-electron chi connectivity index (χ1n) is 5.61. The molecule has 98 valence electrons. The van der Waals surface area contributed by atoms with Gasteiger partial charge in [0.25, 0.3) is 5.24 Å². The van der Waals surface area contributed by atoms with E-state index in [9.17, 15) is 9.59 Å². The zero-order valence-electron chi connectivity index (χ0n) is 9.69. The molecule has 3 atom stereocenters. The molecule has 0 bridgehead atoms. The summed E-state index contributed by atoms with van der Waals surface area (Å²) in [5.41, 5.74) is 0. The van der Waals surface area contributed by atoms with Gasteiger partial charge in [0.15, 0.2) is 0 Å². The van der Waals surface area contributed by atoms with Crippen molar-refractivity contribution in [3.63, 3.8) is 0 Å². The third-order valence-electron chi connectivity index (χ3n) is 3.14. The fourth-order valence-electron chi connectivity index (χ4n) is 1.99. The lowest BCUT2D eigenvalue weighted by molar-refractivity contribution is -0.123. The highest BCUT2D eigenvalue weighted by molar-refractivity contribution is 8.14. The summed E-state index contributed by atoms with van der Waals surface area (Å²) in [6.45, 7) is 3.98. The van der Waals surface area contributed by atoms with Gasteiger partial charge in [-0.15, -0.1) is 12.4 Å². The van der Waals surface area contributed by atoms with Crippen molar-refractivity contribution in [1.29, 1.82) is 0 Å². The minimum absolute atomic E-state index is 0. The summed E-state index contributed by atoms with van der Waals surface area (Å²) >= 11 is 1.17. The average Bonchev–Trinajstić information content (AvgIpc) is 2.68. The first-order chi connectivity index (χ1) is 7.66. The van der Waals surface area contributed by atoms with Gasteiger partial charge in [-0.05, 0) is 18.9 Å². The van der Waals surface area contributed by atoms with Gasteiger partial charge in [-0.2, -0.15) is 0 Å². The summed E-state index contributed by atoms with van der Waals surface area (Å²) in [7, 11) is 0. The number of carbonyl (C=O) groups excluding carboxylic acids is 2. The van der Waals surface area contributed by atoms with E-state index in [0.717, 1.165) is 19.5 Å². The van der Waals surface area contributed by atoms with Crippen LogP contribution in [0.5, 0.6) is 0 Å². The normalized spacial score (nSPS) is 32.5. The topological polar surface area (TPSA) is 70.2 Å². The smallest absolute Gasteiger partial charge is 0.279 e. The standard InChI is InChI=1S/C10H17N3O2S.ClH/c1-6-2-3-11-4-7(6)12-9(14)8-5-16-10(15)13-8;/h6-8,11H,2-5H2,1H3,(H,12,14)(H,13,15);1H/t6?,7?,8-;/m0./s1. The second-order valence-electron chi connectivity index (χ2n) is 4.38. The fourth-order valence-corrected chi connectivity index (χ4v) is 2.77. The molecular formula is C10H18ClN3O2S. The molecule has 2 rings (SSSR count). The molecule has 5 nitrogen and oxygen atoms in total. The number of hydrogen-bond acceptors (Lipinski definition) is 4. The van der Waals surface area contributed by atoms with Gasteiger partial charge in [-0.1, -0.05) is 18.7 Å². The van der Waals surface area contributed by atoms with Crippen molar-refractivity contribution in [3.8, 4) is 0 Å². The Morgan fingerprint density at radius 2 is 2.29 bits per heavy atom. The van der Waals surface area contributed by atoms with Crippen molar-refractivity contribution in [2.24, 2.45) is 5.92 Å². The molecule has 0 saturated carbocycles. The van der Waals surface area contributed by atoms with Gasteiger partial charge in [0.1, 0.15) is 6.04 Å². The van der Waals surface area contributed by atoms with Gasteiger partial charge >= 0.3 is 0 Å². The molecule has 0 aromatic heterocycles. The molecular weight excluding hydrogens is 262 g/mol. The van der Waals surface area contributed by atoms with Gasteiger partial charge in [-0.3, -0.25) is 9.59 Å². The maximum Gasteiger partial charge on any atom is 0.279 e. The highest BCUT2D eigenvalue weighted by Gasteiger charge is 2.31. The lowest BCUT2D eigenvalue weighted by atomic mass is 9.94. The zero-order valence-corrected chi connectivity index (χ0v) is 11.3. The number of nitrogens with one attached hydrogen (secondary N) is 3. The summed E-state index contributed by atoms with van der Waals surface area (Å²) in [4.78, 5) is 22.8. The summed E-state index contributed by atoms with van der Waals surface area (Å²) in [6, 6.07) is -0.171. The molecule has 3 N–H and O–H groups in total. The summed E-state index contributed by atoms with van der Waals surface area (Å²) < 4.78 is 0. The zero-order chi connectivity index (χ0) is 11.5. The maximum atomic E-state index is 11.8. The van der Waals surface area contributed by atoms with Crippen LogP contribution in [0.3, 0.4) is 0 Å². The fraction of sp³-hybridized carbons (Fsp3) is 0.800. The van der Waals surface area contributed by atoms with Crippen LogP contribution in [0.1, 0.15) is 13.3 Å². The van der Waals surface area contributed by atoms with E-state index in [0.29, 0.717) is 11.7 Å². The second-order valence-corrected chi connectivity index (χ2v) is 5.37. The monoisotopic (exact) mass is 279 g/mol. The van der Waals surface area contributed by atoms with Crippen LogP contribution in [-0.4, -0.2) is 42.1 Å². The Labute approximate surface area is 111 Å². The first-order valence-corrected chi connectivity index (χ1v) is 6.60. The molecule has 0 spiro atoms. The molecule has 17 heavy (non-hydrogen) atoms. The molecule has 2 fully saturated rings. The second kappa shape index (κ2) is 6.47. The van der Waals surface area contributed by atoms with E-state index < -0.39 is 0 Å². The molecule has 7 heteroatoms.